The van der Waals surface area contributed by atoms with Gasteiger partial charge in [0.15, 0.2) is 0 Å². The van der Waals surface area contributed by atoms with Crippen LogP contribution in [0.2, 0.25) is 0 Å². The fraction of sp³-hybridized carbons (Fsp3) is 0.391. The van der Waals surface area contributed by atoms with Gasteiger partial charge < -0.3 is 21.1 Å². The largest absolute Gasteiger partial charge is 0.381 e. The van der Waals surface area contributed by atoms with E-state index in [0.717, 1.165) is 22.3 Å². The van der Waals surface area contributed by atoms with E-state index >= 15 is 0 Å². The Hall–Kier alpha value is -3.28. The van der Waals surface area contributed by atoms with E-state index in [9.17, 15) is 14.9 Å². The van der Waals surface area contributed by atoms with Gasteiger partial charge in [0.05, 0.1) is 18.6 Å². The van der Waals surface area contributed by atoms with E-state index in [2.05, 4.69) is 11.1 Å². The molecule has 8 heteroatoms. The molecule has 1 aromatic heterocycles. The van der Waals surface area contributed by atoms with Crippen LogP contribution in [0.1, 0.15) is 28.0 Å². The molecule has 0 bridgehead atoms. The number of hydrogen-bond acceptors (Lipinski definition) is 6. The molecule has 4 N–H and O–H groups in total. The van der Waals surface area contributed by atoms with Gasteiger partial charge in [-0.1, -0.05) is 24.3 Å². The highest BCUT2D eigenvalue weighted by Crippen LogP contribution is 2.33. The number of nitriles is 1. The Morgan fingerprint density at radius 2 is 2.13 bits per heavy atom. The fourth-order valence-corrected chi connectivity index (χ4v) is 4.42. The molecule has 2 aliphatic rings. The van der Waals surface area contributed by atoms with Crippen molar-refractivity contribution in [1.29, 1.82) is 5.26 Å². The summed E-state index contributed by atoms with van der Waals surface area (Å²) >= 11 is 0. The van der Waals surface area contributed by atoms with Crippen molar-refractivity contribution in [3.8, 4) is 17.2 Å². The molecule has 4 rings (SSSR count). The predicted molar refractivity (Wildman–Crippen MR) is 113 cm³/mol. The monoisotopic (exact) mass is 419 g/mol. The van der Waals surface area contributed by atoms with Crippen molar-refractivity contribution in [2.75, 3.05) is 20.3 Å². The summed E-state index contributed by atoms with van der Waals surface area (Å²) in [6, 6.07) is 12.1. The minimum Gasteiger partial charge on any atom is -0.381 e. The average molecular weight is 419 g/mol. The third-order valence-electron chi connectivity index (χ3n) is 6.40. The van der Waals surface area contributed by atoms with Crippen LogP contribution >= 0.6 is 0 Å². The van der Waals surface area contributed by atoms with E-state index in [0.29, 0.717) is 31.7 Å². The number of ether oxygens (including phenoxy) is 1. The Kier molecular flexibility index (Phi) is 5.48. The zero-order valence-electron chi connectivity index (χ0n) is 17.4. The van der Waals surface area contributed by atoms with E-state index in [-0.39, 0.29) is 12.5 Å². The summed E-state index contributed by atoms with van der Waals surface area (Å²) in [7, 11) is 1.76. The second-order valence-electron chi connectivity index (χ2n) is 8.37. The predicted octanol–water partition coefficient (Wildman–Crippen LogP) is 1.24. The molecule has 2 aliphatic heterocycles. The van der Waals surface area contributed by atoms with Crippen molar-refractivity contribution in [3.63, 3.8) is 0 Å². The van der Waals surface area contributed by atoms with E-state index < -0.39 is 23.3 Å². The number of amides is 2. The van der Waals surface area contributed by atoms with Gasteiger partial charge in [0.2, 0.25) is 5.91 Å². The van der Waals surface area contributed by atoms with Crippen LogP contribution in [0.3, 0.4) is 0 Å². The number of carbonyl (C=O) groups excluding carboxylic acids is 2. The van der Waals surface area contributed by atoms with Crippen molar-refractivity contribution in [1.82, 2.24) is 9.88 Å². The van der Waals surface area contributed by atoms with Gasteiger partial charge in [-0.25, -0.2) is 0 Å². The minimum atomic E-state index is -1.24. The highest BCUT2D eigenvalue weighted by Gasteiger charge is 2.47. The molecule has 3 atom stereocenters. The average Bonchev–Trinajstić information content (AvgIpc) is 3.06. The van der Waals surface area contributed by atoms with Crippen LogP contribution in [-0.4, -0.2) is 47.5 Å². The summed E-state index contributed by atoms with van der Waals surface area (Å²) in [5.74, 6) is -1.60. The first-order chi connectivity index (χ1) is 14.8. The van der Waals surface area contributed by atoms with E-state index in [1.165, 1.54) is 0 Å². The minimum absolute atomic E-state index is 0.0573. The molecule has 2 aromatic rings. The third kappa shape index (κ3) is 3.78. The highest BCUT2D eigenvalue weighted by molar-refractivity contribution is 5.96. The first-order valence-electron chi connectivity index (χ1n) is 10.2. The number of carbonyl (C=O) groups is 2. The smallest absolute Gasteiger partial charge is 0.272 e. The van der Waals surface area contributed by atoms with Crippen LogP contribution in [0.15, 0.2) is 36.5 Å². The number of pyridine rings is 1. The molecule has 8 nitrogen and oxygen atoms in total. The van der Waals surface area contributed by atoms with Crippen LogP contribution in [-0.2, 0) is 22.5 Å². The van der Waals surface area contributed by atoms with Crippen LogP contribution in [0, 0.1) is 23.2 Å². The SMILES string of the molecule is CN1Cc2cc(-c3ccc(CC(C#N)C4COCCC4(N)C(N)=O)cc3)cnc2C1=O. The Balaban J connectivity index is 1.52. The van der Waals surface area contributed by atoms with Gasteiger partial charge in [0, 0.05) is 43.4 Å². The Labute approximate surface area is 180 Å². The van der Waals surface area contributed by atoms with Crippen molar-refractivity contribution in [3.05, 3.63) is 53.3 Å². The summed E-state index contributed by atoms with van der Waals surface area (Å²) < 4.78 is 5.50. The molecule has 0 spiro atoms. The van der Waals surface area contributed by atoms with E-state index in [4.69, 9.17) is 16.2 Å². The summed E-state index contributed by atoms with van der Waals surface area (Å²) in [5, 5.41) is 9.77. The maximum Gasteiger partial charge on any atom is 0.272 e. The van der Waals surface area contributed by atoms with Crippen LogP contribution in [0.5, 0.6) is 0 Å². The summed E-state index contributed by atoms with van der Waals surface area (Å²) in [6.07, 6.45) is 2.46. The molecule has 1 fully saturated rings. The summed E-state index contributed by atoms with van der Waals surface area (Å²) in [6.45, 7) is 1.16. The second-order valence-corrected chi connectivity index (χ2v) is 8.37. The maximum absolute atomic E-state index is 12.0. The maximum atomic E-state index is 12.0. The van der Waals surface area contributed by atoms with Crippen molar-refractivity contribution in [2.24, 2.45) is 23.3 Å². The second kappa shape index (κ2) is 8.10. The lowest BCUT2D eigenvalue weighted by molar-refractivity contribution is -0.131. The topological polar surface area (TPSA) is 135 Å². The number of fused-ring (bicyclic) bond motifs is 1. The molecule has 0 saturated carbocycles. The molecule has 3 heterocycles. The zero-order chi connectivity index (χ0) is 22.2. The molecule has 0 aliphatic carbocycles. The Morgan fingerprint density at radius 3 is 2.81 bits per heavy atom. The standard InChI is InChI=1S/C23H25N5O3/c1-28-12-18-9-17(11-27-20(18)21(28)29)15-4-2-14(3-5-15)8-16(10-24)19-13-31-7-6-23(19,26)22(25)30/h2-5,9,11,16,19H,6-8,12-13,26H2,1H3,(H2,25,30). The summed E-state index contributed by atoms with van der Waals surface area (Å²) in [4.78, 5) is 30.0. The Bertz CT molecular complexity index is 1060. The number of benzene rings is 1. The van der Waals surface area contributed by atoms with Crippen molar-refractivity contribution >= 4 is 11.8 Å². The normalized spacial score (nSPS) is 23.8. The number of aromatic nitrogens is 1. The van der Waals surface area contributed by atoms with Gasteiger partial charge in [-0.05, 0) is 30.0 Å². The zero-order valence-corrected chi connectivity index (χ0v) is 17.4. The van der Waals surface area contributed by atoms with Gasteiger partial charge >= 0.3 is 0 Å². The van der Waals surface area contributed by atoms with Crippen LogP contribution in [0.25, 0.3) is 11.1 Å². The molecular formula is C23H25N5O3. The number of nitrogens with two attached hydrogens (primary N) is 2. The number of hydrogen-bond donors (Lipinski definition) is 2. The number of nitrogens with zero attached hydrogens (tertiary/aromatic N) is 3. The molecule has 31 heavy (non-hydrogen) atoms. The first-order valence-corrected chi connectivity index (χ1v) is 10.2. The lowest BCUT2D eigenvalue weighted by Crippen LogP contribution is -2.63. The quantitative estimate of drug-likeness (QED) is 0.748. The molecule has 160 valence electrons. The molecule has 0 radical (unpaired) electrons. The van der Waals surface area contributed by atoms with Gasteiger partial charge in [0.1, 0.15) is 11.2 Å². The number of primary amides is 1. The molecule has 2 amide bonds. The first kappa shape index (κ1) is 21.0. The van der Waals surface area contributed by atoms with Gasteiger partial charge in [-0.2, -0.15) is 5.26 Å². The summed E-state index contributed by atoms with van der Waals surface area (Å²) in [5.41, 5.74) is 14.9. The number of rotatable bonds is 5. The Morgan fingerprint density at radius 1 is 1.39 bits per heavy atom. The fourth-order valence-electron chi connectivity index (χ4n) is 4.42. The van der Waals surface area contributed by atoms with Gasteiger partial charge in [-0.3, -0.25) is 14.6 Å². The molecule has 1 saturated heterocycles. The van der Waals surface area contributed by atoms with E-state index in [1.807, 2.05) is 30.3 Å². The van der Waals surface area contributed by atoms with Crippen molar-refractivity contribution in [2.45, 2.75) is 24.9 Å². The van der Waals surface area contributed by atoms with Gasteiger partial charge in [0.25, 0.3) is 5.91 Å². The highest BCUT2D eigenvalue weighted by atomic mass is 16.5. The molecule has 3 unspecified atom stereocenters. The van der Waals surface area contributed by atoms with E-state index in [1.54, 1.807) is 18.1 Å². The molecule has 1 aromatic carbocycles. The third-order valence-corrected chi connectivity index (χ3v) is 6.40. The lowest BCUT2D eigenvalue weighted by atomic mass is 9.71. The van der Waals surface area contributed by atoms with Crippen LogP contribution < -0.4 is 11.5 Å². The van der Waals surface area contributed by atoms with Crippen LogP contribution in [0.4, 0.5) is 0 Å². The van der Waals surface area contributed by atoms with Gasteiger partial charge in [-0.15, -0.1) is 0 Å². The van der Waals surface area contributed by atoms with Crippen molar-refractivity contribution < 1.29 is 14.3 Å². The lowest BCUT2D eigenvalue weighted by Gasteiger charge is -2.40. The molecular weight excluding hydrogens is 394 g/mol.